The Kier molecular flexibility index (Phi) is 11.9. The molecule has 0 saturated carbocycles. The second-order valence-electron chi connectivity index (χ2n) is 10.0. The molecule has 1 unspecified atom stereocenters. The molecule has 2 aromatic carbocycles. The minimum absolute atomic E-state index is 0.0227. The van der Waals surface area contributed by atoms with Crippen LogP contribution in [-0.2, 0) is 43.3 Å². The molecule has 0 aliphatic rings. The van der Waals surface area contributed by atoms with E-state index in [1.54, 1.807) is 0 Å². The number of rotatable bonds is 14. The van der Waals surface area contributed by atoms with Crippen molar-refractivity contribution in [3.05, 3.63) is 90.0 Å². The van der Waals surface area contributed by atoms with Crippen LogP contribution < -0.4 is 16.0 Å². The number of aromatic amines is 1. The number of imidazole rings is 1. The molecular weight excluding hydrogens is 526 g/mol. The van der Waals surface area contributed by atoms with Crippen molar-refractivity contribution in [2.24, 2.45) is 5.92 Å². The van der Waals surface area contributed by atoms with Gasteiger partial charge in [-0.2, -0.15) is 0 Å². The van der Waals surface area contributed by atoms with Gasteiger partial charge < -0.3 is 30.4 Å². The number of aromatic nitrogens is 2. The van der Waals surface area contributed by atoms with Gasteiger partial charge in [-0.1, -0.05) is 74.5 Å². The van der Waals surface area contributed by atoms with Crippen molar-refractivity contribution in [1.82, 2.24) is 25.9 Å². The number of amides is 3. The van der Waals surface area contributed by atoms with E-state index in [0.717, 1.165) is 11.1 Å². The van der Waals surface area contributed by atoms with Crippen molar-refractivity contribution in [2.45, 2.75) is 57.8 Å². The lowest BCUT2D eigenvalue weighted by Gasteiger charge is -2.25. The minimum Gasteiger partial charge on any atom is -0.467 e. The van der Waals surface area contributed by atoms with Gasteiger partial charge in [0.25, 0.3) is 0 Å². The zero-order chi connectivity index (χ0) is 29.6. The van der Waals surface area contributed by atoms with Gasteiger partial charge in [0, 0.05) is 24.7 Å². The topological polar surface area (TPSA) is 152 Å². The summed E-state index contributed by atoms with van der Waals surface area (Å²) in [5, 5.41) is 8.10. The van der Waals surface area contributed by atoms with Gasteiger partial charge in [0.1, 0.15) is 24.7 Å². The number of carbonyl (C=O) groups is 4. The molecular formula is C30H37N5O6. The van der Waals surface area contributed by atoms with Gasteiger partial charge in [0.15, 0.2) is 0 Å². The molecule has 11 nitrogen and oxygen atoms in total. The zero-order valence-electron chi connectivity index (χ0n) is 23.5. The summed E-state index contributed by atoms with van der Waals surface area (Å²) in [5.74, 6) is -1.63. The predicted octanol–water partition coefficient (Wildman–Crippen LogP) is 2.68. The van der Waals surface area contributed by atoms with Crippen molar-refractivity contribution in [3.8, 4) is 0 Å². The highest BCUT2D eigenvalue weighted by Crippen LogP contribution is 2.10. The molecule has 0 bridgehead atoms. The Morgan fingerprint density at radius 1 is 0.805 bits per heavy atom. The summed E-state index contributed by atoms with van der Waals surface area (Å²) in [5.41, 5.74) is 2.19. The summed E-state index contributed by atoms with van der Waals surface area (Å²) in [6.07, 6.45) is 2.80. The SMILES string of the molecule is COC(=O)C(CC(C)C)NC(=O)[C@H](Cc1ccccc1)NC(=O)[C@H](Cc1cnc[nH]1)NC(=O)OCc1ccccc1. The van der Waals surface area contributed by atoms with Gasteiger partial charge in [0.2, 0.25) is 11.8 Å². The highest BCUT2D eigenvalue weighted by atomic mass is 16.5. The first-order chi connectivity index (χ1) is 19.7. The molecule has 1 heterocycles. The summed E-state index contributed by atoms with van der Waals surface area (Å²) in [7, 11) is 1.26. The number of esters is 1. The summed E-state index contributed by atoms with van der Waals surface area (Å²) in [6.45, 7) is 3.87. The summed E-state index contributed by atoms with van der Waals surface area (Å²) in [4.78, 5) is 58.9. The van der Waals surface area contributed by atoms with Gasteiger partial charge in [-0.25, -0.2) is 14.6 Å². The van der Waals surface area contributed by atoms with Crippen molar-refractivity contribution >= 4 is 23.9 Å². The highest BCUT2D eigenvalue weighted by Gasteiger charge is 2.31. The largest absolute Gasteiger partial charge is 0.467 e. The Morgan fingerprint density at radius 2 is 1.39 bits per heavy atom. The number of benzene rings is 2. The Balaban J connectivity index is 1.77. The quantitative estimate of drug-likeness (QED) is 0.220. The van der Waals surface area contributed by atoms with Crippen LogP contribution in [0.1, 0.15) is 37.1 Å². The summed E-state index contributed by atoms with van der Waals surface area (Å²) in [6, 6.07) is 15.3. The molecule has 4 N–H and O–H groups in total. The van der Waals surface area contributed by atoms with Crippen LogP contribution in [0, 0.1) is 5.92 Å². The van der Waals surface area contributed by atoms with Gasteiger partial charge in [-0.15, -0.1) is 0 Å². The number of carbonyl (C=O) groups excluding carboxylic acids is 4. The molecule has 0 saturated heterocycles. The van der Waals surface area contributed by atoms with E-state index in [1.165, 1.54) is 19.6 Å². The second kappa shape index (κ2) is 15.8. The van der Waals surface area contributed by atoms with Crippen LogP contribution in [0.15, 0.2) is 73.2 Å². The smallest absolute Gasteiger partial charge is 0.408 e. The van der Waals surface area contributed by atoms with Crippen molar-refractivity contribution in [2.75, 3.05) is 7.11 Å². The normalized spacial score (nSPS) is 13.0. The van der Waals surface area contributed by atoms with Gasteiger partial charge >= 0.3 is 12.1 Å². The Morgan fingerprint density at radius 3 is 1.95 bits per heavy atom. The van der Waals surface area contributed by atoms with Crippen LogP contribution in [0.4, 0.5) is 4.79 Å². The van der Waals surface area contributed by atoms with Crippen LogP contribution in [-0.4, -0.2) is 59.1 Å². The number of hydrogen-bond acceptors (Lipinski definition) is 7. The molecule has 3 atom stereocenters. The molecule has 0 aliphatic carbocycles. The molecule has 0 radical (unpaired) electrons. The molecule has 41 heavy (non-hydrogen) atoms. The fourth-order valence-electron chi connectivity index (χ4n) is 4.16. The number of nitrogens with zero attached hydrogens (tertiary/aromatic N) is 1. The van der Waals surface area contributed by atoms with Crippen LogP contribution in [0.3, 0.4) is 0 Å². The molecule has 11 heteroatoms. The van der Waals surface area contributed by atoms with E-state index in [1.807, 2.05) is 74.5 Å². The molecule has 3 aromatic rings. The molecule has 3 amide bonds. The zero-order valence-corrected chi connectivity index (χ0v) is 23.5. The van der Waals surface area contributed by atoms with E-state index < -0.39 is 42.0 Å². The van der Waals surface area contributed by atoms with Gasteiger partial charge in [-0.05, 0) is 23.5 Å². The maximum atomic E-state index is 13.6. The lowest BCUT2D eigenvalue weighted by atomic mass is 10.0. The van der Waals surface area contributed by atoms with Crippen molar-refractivity contribution in [1.29, 1.82) is 0 Å². The predicted molar refractivity (Wildman–Crippen MR) is 151 cm³/mol. The monoisotopic (exact) mass is 563 g/mol. The molecule has 0 spiro atoms. The van der Waals surface area contributed by atoms with E-state index in [-0.39, 0.29) is 25.4 Å². The number of alkyl carbamates (subject to hydrolysis) is 1. The van der Waals surface area contributed by atoms with E-state index in [4.69, 9.17) is 9.47 Å². The molecule has 0 aliphatic heterocycles. The second-order valence-corrected chi connectivity index (χ2v) is 10.0. The third-order valence-electron chi connectivity index (χ3n) is 6.23. The molecule has 218 valence electrons. The number of hydrogen-bond donors (Lipinski definition) is 4. The summed E-state index contributed by atoms with van der Waals surface area (Å²) < 4.78 is 10.2. The van der Waals surface area contributed by atoms with Crippen LogP contribution >= 0.6 is 0 Å². The first-order valence-corrected chi connectivity index (χ1v) is 13.4. The van der Waals surface area contributed by atoms with Crippen LogP contribution in [0.5, 0.6) is 0 Å². The van der Waals surface area contributed by atoms with Crippen molar-refractivity contribution < 1.29 is 28.7 Å². The number of H-pyrrole nitrogens is 1. The lowest BCUT2D eigenvalue weighted by molar-refractivity contribution is -0.145. The van der Waals surface area contributed by atoms with Gasteiger partial charge in [-0.3, -0.25) is 9.59 Å². The maximum Gasteiger partial charge on any atom is 0.408 e. The summed E-state index contributed by atoms with van der Waals surface area (Å²) >= 11 is 0. The van der Waals surface area contributed by atoms with Crippen LogP contribution in [0.25, 0.3) is 0 Å². The average molecular weight is 564 g/mol. The van der Waals surface area contributed by atoms with Crippen LogP contribution in [0.2, 0.25) is 0 Å². The van der Waals surface area contributed by atoms with E-state index in [2.05, 4.69) is 25.9 Å². The molecule has 0 fully saturated rings. The molecule has 1 aromatic heterocycles. The Labute approximate surface area is 239 Å². The average Bonchev–Trinajstić information content (AvgIpc) is 3.48. The Bertz CT molecular complexity index is 1250. The fraction of sp³-hybridized carbons (Fsp3) is 0.367. The first kappa shape index (κ1) is 30.9. The third-order valence-corrected chi connectivity index (χ3v) is 6.23. The maximum absolute atomic E-state index is 13.6. The third kappa shape index (κ3) is 10.4. The number of nitrogens with one attached hydrogen (secondary N) is 4. The minimum atomic E-state index is -1.09. The van der Waals surface area contributed by atoms with Gasteiger partial charge in [0.05, 0.1) is 13.4 Å². The van der Waals surface area contributed by atoms with E-state index >= 15 is 0 Å². The Hall–Kier alpha value is -4.67. The first-order valence-electron chi connectivity index (χ1n) is 13.4. The standard InChI is InChI=1S/C30H37N5O6/c1-20(2)14-26(29(38)40-3)34-27(36)24(15-21-10-6-4-7-11-21)33-28(37)25(16-23-17-31-19-32-23)35-30(39)41-18-22-12-8-5-9-13-22/h4-13,17,19-20,24-26H,14-16,18H2,1-3H3,(H,31,32)(H,33,37)(H,34,36)(H,35,39)/t24-,25-,26?/m0/s1. The van der Waals surface area contributed by atoms with E-state index in [0.29, 0.717) is 12.1 Å². The fourth-order valence-corrected chi connectivity index (χ4v) is 4.16. The van der Waals surface area contributed by atoms with Crippen molar-refractivity contribution in [3.63, 3.8) is 0 Å². The van der Waals surface area contributed by atoms with E-state index in [9.17, 15) is 19.2 Å². The molecule has 3 rings (SSSR count). The number of ether oxygens (including phenoxy) is 2. The lowest BCUT2D eigenvalue weighted by Crippen LogP contribution is -2.57. The highest BCUT2D eigenvalue weighted by molar-refractivity contribution is 5.93. The number of methoxy groups -OCH3 is 1.